The van der Waals surface area contributed by atoms with Crippen LogP contribution in [-0.2, 0) is 9.59 Å². The molecule has 0 saturated heterocycles. The maximum Gasteiger partial charge on any atom is 0.216 e. The average molecular weight is 370 g/mol. The van der Waals surface area contributed by atoms with Crippen LogP contribution in [0.3, 0.4) is 0 Å². The first-order valence-corrected chi connectivity index (χ1v) is 6.99. The summed E-state index contributed by atoms with van der Waals surface area (Å²) >= 11 is 5.80. The molecule has 1 aromatic carbocycles. The maximum absolute atomic E-state index is 11.6. The molecule has 0 N–H and O–H groups in total. The zero-order valence-electron chi connectivity index (χ0n) is 9.40. The summed E-state index contributed by atoms with van der Waals surface area (Å²) in [6.45, 7) is 0. The molecule has 0 unspecified atom stereocenters. The summed E-state index contributed by atoms with van der Waals surface area (Å²) in [5.74, 6) is 0. The van der Waals surface area contributed by atoms with Crippen molar-refractivity contribution in [2.45, 2.75) is 6.42 Å². The molecular formula is C14H10Br2O2. The first-order chi connectivity index (χ1) is 8.56. The molecule has 92 valence electrons. The van der Waals surface area contributed by atoms with Crippen molar-refractivity contribution in [3.8, 4) is 0 Å². The van der Waals surface area contributed by atoms with Gasteiger partial charge < -0.3 is 0 Å². The quantitative estimate of drug-likeness (QED) is 0.598. The molecule has 2 nitrogen and oxygen atoms in total. The van der Waals surface area contributed by atoms with Crippen LogP contribution in [0.25, 0.3) is 5.57 Å². The highest BCUT2D eigenvalue weighted by Gasteiger charge is 2.41. The fourth-order valence-electron chi connectivity index (χ4n) is 1.85. The minimum Gasteiger partial charge on any atom is -0.285 e. The number of hydrogen-bond donors (Lipinski definition) is 0. The van der Waals surface area contributed by atoms with Crippen molar-refractivity contribution in [2.75, 3.05) is 0 Å². The van der Waals surface area contributed by atoms with E-state index in [9.17, 15) is 9.59 Å². The number of rotatable bonds is 3. The van der Waals surface area contributed by atoms with Gasteiger partial charge in [0.15, 0.2) is 0 Å². The van der Waals surface area contributed by atoms with Crippen LogP contribution < -0.4 is 0 Å². The van der Waals surface area contributed by atoms with Crippen molar-refractivity contribution in [3.63, 3.8) is 0 Å². The van der Waals surface area contributed by atoms with Crippen molar-refractivity contribution in [2.24, 2.45) is 5.41 Å². The molecule has 0 heterocycles. The van der Waals surface area contributed by atoms with E-state index in [0.717, 1.165) is 11.1 Å². The van der Waals surface area contributed by atoms with Crippen molar-refractivity contribution >= 4 is 46.8 Å². The molecule has 0 radical (unpaired) electrons. The molecule has 0 amide bonds. The van der Waals surface area contributed by atoms with Gasteiger partial charge >= 0.3 is 0 Å². The Bertz CT molecular complexity index is 530. The largest absolute Gasteiger partial charge is 0.285 e. The van der Waals surface area contributed by atoms with E-state index in [1.807, 2.05) is 42.5 Å². The van der Waals surface area contributed by atoms with E-state index < -0.39 is 5.41 Å². The summed E-state index contributed by atoms with van der Waals surface area (Å²) in [6, 6.07) is 9.85. The third-order valence-corrected chi connectivity index (χ3v) is 4.42. The lowest BCUT2D eigenvalue weighted by Crippen LogP contribution is -2.32. The van der Waals surface area contributed by atoms with Crippen LogP contribution in [0.2, 0.25) is 0 Å². The summed E-state index contributed by atoms with van der Waals surface area (Å²) in [7, 11) is 0. The standard InChI is InChI=1S/C14H10Br2O2/c15-12(17)14(13(16)18)8-6-11(7-9-14)10-4-2-1-3-5-10/h1-8H,9H2. The van der Waals surface area contributed by atoms with Crippen LogP contribution in [0.5, 0.6) is 0 Å². The predicted octanol–water partition coefficient (Wildman–Crippen LogP) is 3.86. The first kappa shape index (κ1) is 13.4. The van der Waals surface area contributed by atoms with E-state index in [-0.39, 0.29) is 9.39 Å². The summed E-state index contributed by atoms with van der Waals surface area (Å²) < 4.78 is -0.645. The van der Waals surface area contributed by atoms with E-state index in [0.29, 0.717) is 6.42 Å². The highest BCUT2D eigenvalue weighted by molar-refractivity contribution is 9.19. The smallest absolute Gasteiger partial charge is 0.216 e. The van der Waals surface area contributed by atoms with E-state index >= 15 is 0 Å². The Kier molecular flexibility index (Phi) is 3.97. The Balaban J connectivity index is 2.31. The van der Waals surface area contributed by atoms with E-state index in [1.165, 1.54) is 0 Å². The molecule has 0 atom stereocenters. The summed E-state index contributed by atoms with van der Waals surface area (Å²) in [6.07, 6.45) is 5.75. The van der Waals surface area contributed by atoms with Crippen LogP contribution >= 0.6 is 31.9 Å². The van der Waals surface area contributed by atoms with Gasteiger partial charge in [-0.1, -0.05) is 48.6 Å². The average Bonchev–Trinajstić information content (AvgIpc) is 2.39. The Morgan fingerprint density at radius 1 is 1.06 bits per heavy atom. The maximum atomic E-state index is 11.6. The van der Waals surface area contributed by atoms with Gasteiger partial charge in [-0.25, -0.2) is 0 Å². The van der Waals surface area contributed by atoms with E-state index in [4.69, 9.17) is 0 Å². The minimum atomic E-state index is -1.11. The fourth-order valence-corrected chi connectivity index (χ4v) is 3.07. The molecule has 0 fully saturated rings. The molecule has 1 aromatic rings. The molecule has 0 aromatic heterocycles. The van der Waals surface area contributed by atoms with E-state index in [1.54, 1.807) is 6.08 Å². The normalized spacial score (nSPS) is 17.1. The third kappa shape index (κ3) is 2.40. The molecule has 2 rings (SSSR count). The number of carbonyl (C=O) groups is 2. The van der Waals surface area contributed by atoms with Gasteiger partial charge in [0, 0.05) is 0 Å². The highest BCUT2D eigenvalue weighted by atomic mass is 79.9. The summed E-state index contributed by atoms with van der Waals surface area (Å²) in [4.78, 5) is 23.2. The first-order valence-electron chi connectivity index (χ1n) is 5.41. The molecule has 1 aliphatic carbocycles. The molecule has 4 heteroatoms. The van der Waals surface area contributed by atoms with Crippen molar-refractivity contribution < 1.29 is 9.59 Å². The van der Waals surface area contributed by atoms with Gasteiger partial charge in [0.2, 0.25) is 9.39 Å². The zero-order chi connectivity index (χ0) is 13.2. The SMILES string of the molecule is O=C(Br)C1(C(=O)Br)C=CC(c2ccccc2)=CC1. The number of carbonyl (C=O) groups excluding carboxylic acids is 2. The molecule has 0 aliphatic heterocycles. The van der Waals surface area contributed by atoms with Crippen LogP contribution in [0.1, 0.15) is 12.0 Å². The van der Waals surface area contributed by atoms with Crippen LogP contribution in [0.15, 0.2) is 48.6 Å². The van der Waals surface area contributed by atoms with Crippen LogP contribution in [-0.4, -0.2) is 9.39 Å². The molecule has 18 heavy (non-hydrogen) atoms. The Hall–Kier alpha value is -1.00. The third-order valence-electron chi connectivity index (χ3n) is 3.00. The monoisotopic (exact) mass is 368 g/mol. The van der Waals surface area contributed by atoms with Gasteiger partial charge in [-0.3, -0.25) is 9.59 Å². The van der Waals surface area contributed by atoms with Gasteiger partial charge in [-0.05, 0) is 49.4 Å². The van der Waals surface area contributed by atoms with Crippen molar-refractivity contribution in [3.05, 3.63) is 54.1 Å². The van der Waals surface area contributed by atoms with E-state index in [2.05, 4.69) is 31.9 Å². The van der Waals surface area contributed by atoms with Crippen LogP contribution in [0, 0.1) is 5.41 Å². The minimum absolute atomic E-state index is 0.323. The van der Waals surface area contributed by atoms with Gasteiger partial charge in [0.1, 0.15) is 5.41 Å². The lowest BCUT2D eigenvalue weighted by atomic mass is 9.81. The summed E-state index contributed by atoms with van der Waals surface area (Å²) in [5.41, 5.74) is 0.985. The fraction of sp³-hybridized carbons (Fsp3) is 0.143. The molecule has 0 bridgehead atoms. The molecular weight excluding hydrogens is 360 g/mol. The highest BCUT2D eigenvalue weighted by Crippen LogP contribution is 2.38. The Labute approximate surface area is 122 Å². The summed E-state index contributed by atoms with van der Waals surface area (Å²) in [5, 5.41) is 0. The van der Waals surface area contributed by atoms with Crippen molar-refractivity contribution in [1.82, 2.24) is 0 Å². The van der Waals surface area contributed by atoms with Gasteiger partial charge in [0.05, 0.1) is 0 Å². The molecule has 0 spiro atoms. The zero-order valence-corrected chi connectivity index (χ0v) is 12.6. The topological polar surface area (TPSA) is 34.1 Å². The number of allylic oxidation sites excluding steroid dienone is 4. The van der Waals surface area contributed by atoms with Gasteiger partial charge in [0.25, 0.3) is 0 Å². The Morgan fingerprint density at radius 3 is 2.11 bits per heavy atom. The second-order valence-electron chi connectivity index (χ2n) is 4.08. The van der Waals surface area contributed by atoms with Gasteiger partial charge in [-0.15, -0.1) is 0 Å². The van der Waals surface area contributed by atoms with Crippen molar-refractivity contribution in [1.29, 1.82) is 0 Å². The lowest BCUT2D eigenvalue weighted by molar-refractivity contribution is -0.126. The molecule has 1 aliphatic rings. The van der Waals surface area contributed by atoms with Crippen LogP contribution in [0.4, 0.5) is 0 Å². The Morgan fingerprint density at radius 2 is 1.67 bits per heavy atom. The van der Waals surface area contributed by atoms with Gasteiger partial charge in [-0.2, -0.15) is 0 Å². The second-order valence-corrected chi connectivity index (χ2v) is 5.52. The number of benzene rings is 1. The lowest BCUT2D eigenvalue weighted by Gasteiger charge is -2.24. The number of hydrogen-bond acceptors (Lipinski definition) is 2. The molecule has 0 saturated carbocycles. The second kappa shape index (κ2) is 5.33. The predicted molar refractivity (Wildman–Crippen MR) is 78.5 cm³/mol. The number of halogens is 2.